The summed E-state index contributed by atoms with van der Waals surface area (Å²) in [7, 11) is 0. The van der Waals surface area contributed by atoms with E-state index in [1.54, 1.807) is 41.1 Å². The van der Waals surface area contributed by atoms with E-state index in [2.05, 4.69) is 29.1 Å². The van der Waals surface area contributed by atoms with Crippen molar-refractivity contribution in [3.05, 3.63) is 75.5 Å². The third-order valence-corrected chi connectivity index (χ3v) is 6.01. The quantitative estimate of drug-likeness (QED) is 0.298. The number of aromatic nitrogens is 3. The highest BCUT2D eigenvalue weighted by molar-refractivity contribution is 7.08. The Morgan fingerprint density at radius 3 is 2.63 bits per heavy atom. The number of carbonyl (C=O) groups excluding carboxylic acids is 2. The maximum absolute atomic E-state index is 12.8. The van der Waals surface area contributed by atoms with Gasteiger partial charge in [-0.15, -0.1) is 0 Å². The molecule has 0 aliphatic carbocycles. The number of pyridine rings is 2. The summed E-state index contributed by atoms with van der Waals surface area (Å²) in [5.41, 5.74) is 8.58. The zero-order valence-corrected chi connectivity index (χ0v) is 21.1. The van der Waals surface area contributed by atoms with Crippen LogP contribution in [0.1, 0.15) is 53.1 Å². The van der Waals surface area contributed by atoms with Crippen molar-refractivity contribution in [2.24, 2.45) is 11.7 Å². The van der Waals surface area contributed by atoms with Gasteiger partial charge >= 0.3 is 0 Å². The Morgan fingerprint density at radius 1 is 1.26 bits per heavy atom. The summed E-state index contributed by atoms with van der Waals surface area (Å²) in [5, 5.41) is 15.3. The Morgan fingerprint density at radius 2 is 2.06 bits per heavy atom. The van der Waals surface area contributed by atoms with Gasteiger partial charge in [-0.3, -0.25) is 14.0 Å². The van der Waals surface area contributed by atoms with Gasteiger partial charge in [-0.1, -0.05) is 31.5 Å². The molecule has 0 atom stereocenters. The number of imidazole rings is 1. The number of hydrogen-bond donors (Lipinski definition) is 3. The van der Waals surface area contributed by atoms with Crippen LogP contribution in [-0.4, -0.2) is 37.9 Å². The van der Waals surface area contributed by atoms with E-state index in [-0.39, 0.29) is 18.1 Å². The Kier molecular flexibility index (Phi) is 9.36. The van der Waals surface area contributed by atoms with Crippen LogP contribution in [0, 0.1) is 5.92 Å². The lowest BCUT2D eigenvalue weighted by molar-refractivity contribution is 0.0949. The molecule has 184 valence electrons. The third-order valence-electron chi connectivity index (χ3n) is 5.10. The lowest BCUT2D eigenvalue weighted by atomic mass is 10.1. The fourth-order valence-corrected chi connectivity index (χ4v) is 4.12. The minimum absolute atomic E-state index is 0.241. The van der Waals surface area contributed by atoms with Gasteiger partial charge in [-0.25, -0.2) is 9.97 Å². The van der Waals surface area contributed by atoms with Crippen molar-refractivity contribution in [1.82, 2.24) is 19.7 Å². The van der Waals surface area contributed by atoms with Crippen molar-refractivity contribution in [3.63, 3.8) is 0 Å². The number of fused-ring (bicyclic) bond motifs is 1. The lowest BCUT2D eigenvalue weighted by Gasteiger charge is -2.07. The topological polar surface area (TPSA) is 123 Å². The second-order valence-electron chi connectivity index (χ2n) is 8.23. The maximum atomic E-state index is 12.8. The van der Waals surface area contributed by atoms with Crippen molar-refractivity contribution in [2.75, 3.05) is 6.61 Å². The summed E-state index contributed by atoms with van der Waals surface area (Å²) in [6.45, 7) is 4.95. The molecule has 0 fully saturated rings. The molecular weight excluding hydrogens is 486 g/mol. The third kappa shape index (κ3) is 6.88. The molecule has 0 saturated heterocycles. The van der Waals surface area contributed by atoms with E-state index < -0.39 is 5.91 Å². The molecular formula is C25H28ClN5O3S. The summed E-state index contributed by atoms with van der Waals surface area (Å²) < 4.78 is 1.55. The van der Waals surface area contributed by atoms with Crippen LogP contribution in [0.2, 0.25) is 5.15 Å². The van der Waals surface area contributed by atoms with Crippen molar-refractivity contribution in [1.29, 1.82) is 0 Å². The number of aliphatic hydroxyl groups excluding tert-OH is 1. The summed E-state index contributed by atoms with van der Waals surface area (Å²) in [5.74, 6) is -0.191. The predicted octanol–water partition coefficient (Wildman–Crippen LogP) is 4.56. The lowest BCUT2D eigenvalue weighted by Crippen LogP contribution is -2.23. The van der Waals surface area contributed by atoms with Crippen LogP contribution < -0.4 is 11.1 Å². The smallest absolute Gasteiger partial charge is 0.268 e. The van der Waals surface area contributed by atoms with Gasteiger partial charge in [0.05, 0.1) is 5.56 Å². The number of primary amides is 1. The normalized spacial score (nSPS) is 10.8. The van der Waals surface area contributed by atoms with E-state index in [1.807, 2.05) is 16.8 Å². The molecule has 10 heteroatoms. The molecule has 0 unspecified atom stereocenters. The summed E-state index contributed by atoms with van der Waals surface area (Å²) in [4.78, 5) is 33.3. The van der Waals surface area contributed by atoms with E-state index >= 15 is 0 Å². The van der Waals surface area contributed by atoms with Crippen LogP contribution in [0.3, 0.4) is 0 Å². The molecule has 0 radical (unpaired) electrons. The van der Waals surface area contributed by atoms with E-state index in [0.29, 0.717) is 28.7 Å². The minimum atomic E-state index is -0.613. The molecule has 0 spiro atoms. The number of hydrogen-bond acceptors (Lipinski definition) is 6. The monoisotopic (exact) mass is 513 g/mol. The zero-order chi connectivity index (χ0) is 25.4. The number of nitrogens with zero attached hydrogens (tertiary/aromatic N) is 3. The van der Waals surface area contributed by atoms with E-state index in [4.69, 9.17) is 22.4 Å². The molecule has 0 bridgehead atoms. The van der Waals surface area contributed by atoms with Gasteiger partial charge in [0.2, 0.25) is 0 Å². The molecule has 4 N–H and O–H groups in total. The van der Waals surface area contributed by atoms with E-state index in [9.17, 15) is 9.59 Å². The summed E-state index contributed by atoms with van der Waals surface area (Å²) in [6.07, 6.45) is 5.37. The maximum Gasteiger partial charge on any atom is 0.268 e. The van der Waals surface area contributed by atoms with Gasteiger partial charge in [0.25, 0.3) is 11.8 Å². The first-order valence-electron chi connectivity index (χ1n) is 11.1. The summed E-state index contributed by atoms with van der Waals surface area (Å²) in [6, 6.07) is 8.62. The average Bonchev–Trinajstić information content (AvgIpc) is 3.50. The number of thiophene rings is 1. The first kappa shape index (κ1) is 26.3. The second kappa shape index (κ2) is 12.4. The van der Waals surface area contributed by atoms with E-state index in [0.717, 1.165) is 29.9 Å². The van der Waals surface area contributed by atoms with Gasteiger partial charge in [0, 0.05) is 36.5 Å². The molecule has 0 aromatic carbocycles. The second-order valence-corrected chi connectivity index (χ2v) is 9.40. The number of aliphatic hydroxyl groups is 1. The number of rotatable bonds is 8. The minimum Gasteiger partial charge on any atom is -0.396 e. The molecule has 2 amide bonds. The molecule has 4 aromatic heterocycles. The summed E-state index contributed by atoms with van der Waals surface area (Å²) >= 11 is 7.26. The van der Waals surface area contributed by atoms with Crippen LogP contribution in [-0.2, 0) is 6.54 Å². The van der Waals surface area contributed by atoms with Gasteiger partial charge in [0.15, 0.2) is 5.65 Å². The number of amides is 2. The van der Waals surface area contributed by atoms with Crippen LogP contribution in [0.5, 0.6) is 0 Å². The van der Waals surface area contributed by atoms with Gasteiger partial charge in [-0.2, -0.15) is 11.3 Å². The molecule has 8 nitrogen and oxygen atoms in total. The highest BCUT2D eigenvalue weighted by Gasteiger charge is 2.22. The molecule has 0 saturated carbocycles. The first-order chi connectivity index (χ1) is 16.8. The Hall–Kier alpha value is -3.27. The largest absolute Gasteiger partial charge is 0.396 e. The highest BCUT2D eigenvalue weighted by atomic mass is 35.5. The Bertz CT molecular complexity index is 1270. The van der Waals surface area contributed by atoms with Gasteiger partial charge < -0.3 is 16.2 Å². The van der Waals surface area contributed by atoms with Crippen molar-refractivity contribution in [3.8, 4) is 11.3 Å². The van der Waals surface area contributed by atoms with Crippen LogP contribution >= 0.6 is 22.9 Å². The van der Waals surface area contributed by atoms with Crippen LogP contribution in [0.25, 0.3) is 16.9 Å². The van der Waals surface area contributed by atoms with Crippen molar-refractivity contribution >= 4 is 40.4 Å². The fourth-order valence-electron chi connectivity index (χ4n) is 3.37. The Balaban J connectivity index is 0.000000429. The molecule has 35 heavy (non-hydrogen) atoms. The SMILES string of the molecule is CC(C)CCCO.NC(=O)c1c(-c2ccsc2)nc2c(C(=O)NCc3ccc(Cl)nc3)cccn12. The number of nitrogens with one attached hydrogen (secondary N) is 1. The van der Waals surface area contributed by atoms with E-state index in [1.165, 1.54) is 11.3 Å². The zero-order valence-electron chi connectivity index (χ0n) is 19.6. The van der Waals surface area contributed by atoms with Gasteiger partial charge in [-0.05, 0) is 54.0 Å². The van der Waals surface area contributed by atoms with Crippen LogP contribution in [0.4, 0.5) is 0 Å². The molecule has 0 aliphatic heterocycles. The number of halogens is 1. The molecule has 4 aromatic rings. The van der Waals surface area contributed by atoms with Crippen molar-refractivity contribution < 1.29 is 14.7 Å². The highest BCUT2D eigenvalue weighted by Crippen LogP contribution is 2.27. The standard InChI is InChI=1S/C19H14ClN5O2S.C6H14O/c20-14-4-3-11(8-22-14)9-23-19(27)13-2-1-6-25-16(17(21)26)15(24-18(13)25)12-5-7-28-10-12;1-6(2)4-3-5-7/h1-8,10H,9H2,(H2,21,26)(H,23,27);6-7H,3-5H2,1-2H3. The predicted molar refractivity (Wildman–Crippen MR) is 139 cm³/mol. The Labute approximate surface area is 212 Å². The molecule has 4 rings (SSSR count). The number of carbonyl (C=O) groups is 2. The fraction of sp³-hybridized carbons (Fsp3) is 0.280. The average molecular weight is 514 g/mol. The number of nitrogens with two attached hydrogens (primary N) is 1. The van der Waals surface area contributed by atoms with Crippen LogP contribution in [0.15, 0.2) is 53.5 Å². The molecule has 0 aliphatic rings. The van der Waals surface area contributed by atoms with Gasteiger partial charge in [0.1, 0.15) is 16.5 Å². The molecule has 4 heterocycles. The first-order valence-corrected chi connectivity index (χ1v) is 12.5. The van der Waals surface area contributed by atoms with Crippen molar-refractivity contribution in [2.45, 2.75) is 33.2 Å².